The molecule has 0 spiro atoms. The van der Waals surface area contributed by atoms with Crippen molar-refractivity contribution < 1.29 is 19.0 Å². The van der Waals surface area contributed by atoms with Crippen molar-refractivity contribution in [2.24, 2.45) is 4.99 Å². The van der Waals surface area contributed by atoms with Crippen molar-refractivity contribution in [1.82, 2.24) is 5.32 Å². The predicted molar refractivity (Wildman–Crippen MR) is 115 cm³/mol. The van der Waals surface area contributed by atoms with E-state index in [4.69, 9.17) is 14.5 Å². The van der Waals surface area contributed by atoms with Crippen molar-refractivity contribution in [2.75, 3.05) is 6.79 Å². The van der Waals surface area contributed by atoms with Crippen molar-refractivity contribution in [3.8, 4) is 17.2 Å². The van der Waals surface area contributed by atoms with Crippen LogP contribution in [0.2, 0.25) is 0 Å². The zero-order chi connectivity index (χ0) is 20.7. The number of aromatic hydroxyl groups is 1. The second kappa shape index (κ2) is 7.74. The molecule has 0 unspecified atom stereocenters. The van der Waals surface area contributed by atoms with E-state index in [-0.39, 0.29) is 24.4 Å². The van der Waals surface area contributed by atoms with E-state index in [1.54, 1.807) is 18.2 Å². The minimum Gasteiger partial charge on any atom is -0.508 e. The van der Waals surface area contributed by atoms with E-state index in [9.17, 15) is 9.50 Å². The molecule has 3 aromatic carbocycles. The first kappa shape index (κ1) is 19.1. The molecule has 0 aliphatic carbocycles. The summed E-state index contributed by atoms with van der Waals surface area (Å²) in [6.07, 6.45) is 0.0911. The molecule has 0 bridgehead atoms. The van der Waals surface area contributed by atoms with Crippen LogP contribution in [0.15, 0.2) is 70.1 Å². The third-order valence-electron chi connectivity index (χ3n) is 5.28. The highest BCUT2D eigenvalue weighted by Gasteiger charge is 2.29. The normalized spacial score (nSPS) is 20.1. The maximum absolute atomic E-state index is 13.9. The molecule has 2 atom stereocenters. The minimum absolute atomic E-state index is 0.195. The lowest BCUT2D eigenvalue weighted by Gasteiger charge is -2.31. The number of benzene rings is 3. The first-order chi connectivity index (χ1) is 14.6. The molecule has 0 radical (unpaired) electrons. The van der Waals surface area contributed by atoms with Gasteiger partial charge in [-0.05, 0) is 59.7 Å². The topological polar surface area (TPSA) is 63.1 Å². The second-order valence-corrected chi connectivity index (χ2v) is 8.14. The van der Waals surface area contributed by atoms with Gasteiger partial charge in [0.1, 0.15) is 17.7 Å². The number of halogens is 2. The third kappa shape index (κ3) is 3.66. The van der Waals surface area contributed by atoms with Crippen LogP contribution in [0.25, 0.3) is 0 Å². The Balaban J connectivity index is 1.58. The highest BCUT2D eigenvalue weighted by molar-refractivity contribution is 9.10. The number of ether oxygens (including phenoxy) is 2. The maximum atomic E-state index is 13.9. The van der Waals surface area contributed by atoms with Crippen molar-refractivity contribution in [3.05, 3.63) is 87.6 Å². The summed E-state index contributed by atoms with van der Waals surface area (Å²) in [5, 5.41) is 13.9. The Kier molecular flexibility index (Phi) is 4.92. The first-order valence-electron chi connectivity index (χ1n) is 9.53. The van der Waals surface area contributed by atoms with Gasteiger partial charge in [-0.25, -0.2) is 4.39 Å². The molecule has 0 fully saturated rings. The molecule has 152 valence electrons. The van der Waals surface area contributed by atoms with Gasteiger partial charge in [-0.1, -0.05) is 28.1 Å². The highest BCUT2D eigenvalue weighted by atomic mass is 79.9. The fraction of sp³-hybridized carbons (Fsp3) is 0.174. The van der Waals surface area contributed by atoms with Crippen LogP contribution in [0.4, 0.5) is 4.39 Å². The van der Waals surface area contributed by atoms with Gasteiger partial charge in [-0.3, -0.25) is 10.3 Å². The molecular formula is C23H18BrFN2O3. The Hall–Kier alpha value is -2.90. The number of phenolic OH excluding ortho intramolecular Hbond substituents is 1. The molecule has 2 N–H and O–H groups in total. The molecule has 0 saturated heterocycles. The highest BCUT2D eigenvalue weighted by Crippen LogP contribution is 2.38. The monoisotopic (exact) mass is 468 g/mol. The average molecular weight is 469 g/mol. The van der Waals surface area contributed by atoms with Crippen LogP contribution in [-0.2, 0) is 0 Å². The molecule has 7 heteroatoms. The van der Waals surface area contributed by atoms with Gasteiger partial charge < -0.3 is 14.6 Å². The number of phenols is 1. The zero-order valence-electron chi connectivity index (χ0n) is 15.8. The third-order valence-corrected chi connectivity index (χ3v) is 5.77. The number of hydrogen-bond donors (Lipinski definition) is 2. The smallest absolute Gasteiger partial charge is 0.231 e. The molecule has 0 amide bonds. The molecule has 30 heavy (non-hydrogen) atoms. The molecule has 5 rings (SSSR count). The zero-order valence-corrected chi connectivity index (χ0v) is 17.4. The van der Waals surface area contributed by atoms with Crippen molar-refractivity contribution in [1.29, 1.82) is 0 Å². The summed E-state index contributed by atoms with van der Waals surface area (Å²) in [7, 11) is 0. The van der Waals surface area contributed by atoms with E-state index < -0.39 is 6.17 Å². The standard InChI is InChI=1S/C23H18BrFN2O3/c24-15-5-6-20(28)17(10-15)19-11-18(13-4-7-21-22(9-13)30-12-29-21)26-23(27-19)14-2-1-3-16(25)8-14/h1-10,19,23,27-28H,11-12H2/t19-,23-/m1/s1. The van der Waals surface area contributed by atoms with Gasteiger partial charge in [0.05, 0.1) is 0 Å². The summed E-state index contributed by atoms with van der Waals surface area (Å²) in [6, 6.07) is 17.2. The Labute approximate surface area is 181 Å². The van der Waals surface area contributed by atoms with Crippen molar-refractivity contribution in [2.45, 2.75) is 18.6 Å². The fourth-order valence-electron chi connectivity index (χ4n) is 3.81. The largest absolute Gasteiger partial charge is 0.508 e. The van der Waals surface area contributed by atoms with Gasteiger partial charge in [-0.2, -0.15) is 0 Å². The van der Waals surface area contributed by atoms with Gasteiger partial charge in [0.2, 0.25) is 6.79 Å². The number of nitrogens with zero attached hydrogens (tertiary/aromatic N) is 1. The number of rotatable bonds is 3. The van der Waals surface area contributed by atoms with Crippen molar-refractivity contribution >= 4 is 21.6 Å². The van der Waals surface area contributed by atoms with E-state index in [1.807, 2.05) is 30.3 Å². The Morgan fingerprint density at radius 1 is 1.03 bits per heavy atom. The molecule has 0 saturated carbocycles. The summed E-state index contributed by atoms with van der Waals surface area (Å²) in [6.45, 7) is 0.202. The van der Waals surface area contributed by atoms with Crippen molar-refractivity contribution in [3.63, 3.8) is 0 Å². The SMILES string of the molecule is Oc1ccc(Br)cc1[C@H]1CC(c2ccc3c(c2)OCO3)=N[C@@H](c2cccc(F)c2)N1. The summed E-state index contributed by atoms with van der Waals surface area (Å²) < 4.78 is 25.7. The molecule has 5 nitrogen and oxygen atoms in total. The molecular weight excluding hydrogens is 451 g/mol. The average Bonchev–Trinajstić information content (AvgIpc) is 3.23. The van der Waals surface area contributed by atoms with Crippen LogP contribution in [0.3, 0.4) is 0 Å². The van der Waals surface area contributed by atoms with E-state index in [2.05, 4.69) is 21.2 Å². The Morgan fingerprint density at radius 2 is 1.90 bits per heavy atom. The van der Waals surface area contributed by atoms with Crippen LogP contribution < -0.4 is 14.8 Å². The number of hydrogen-bond acceptors (Lipinski definition) is 5. The van der Waals surface area contributed by atoms with Crippen LogP contribution in [-0.4, -0.2) is 17.6 Å². The van der Waals surface area contributed by atoms with Crippen LogP contribution in [0.1, 0.15) is 35.3 Å². The summed E-state index contributed by atoms with van der Waals surface area (Å²) in [5.74, 6) is 1.26. The summed E-state index contributed by atoms with van der Waals surface area (Å²) >= 11 is 3.48. The lowest BCUT2D eigenvalue weighted by atomic mass is 9.93. The number of fused-ring (bicyclic) bond motifs is 1. The quantitative estimate of drug-likeness (QED) is 0.551. The summed E-state index contributed by atoms with van der Waals surface area (Å²) in [5.41, 5.74) is 3.21. The fourth-order valence-corrected chi connectivity index (χ4v) is 4.19. The van der Waals surface area contributed by atoms with Gasteiger partial charge in [0.25, 0.3) is 0 Å². The molecule has 0 aromatic heterocycles. The molecule has 2 aliphatic rings. The van der Waals surface area contributed by atoms with Gasteiger partial charge >= 0.3 is 0 Å². The van der Waals surface area contributed by atoms with Crippen LogP contribution in [0, 0.1) is 5.82 Å². The van der Waals surface area contributed by atoms with Crippen LogP contribution in [0.5, 0.6) is 17.2 Å². The number of aliphatic imine (C=N–C) groups is 1. The number of nitrogens with one attached hydrogen (secondary N) is 1. The lowest BCUT2D eigenvalue weighted by molar-refractivity contribution is 0.174. The van der Waals surface area contributed by atoms with Gasteiger partial charge in [0, 0.05) is 28.2 Å². The first-order valence-corrected chi connectivity index (χ1v) is 10.3. The minimum atomic E-state index is -0.460. The predicted octanol–water partition coefficient (Wildman–Crippen LogP) is 5.25. The van der Waals surface area contributed by atoms with E-state index in [0.717, 1.165) is 21.3 Å². The molecule has 2 heterocycles. The molecule has 2 aliphatic heterocycles. The van der Waals surface area contributed by atoms with E-state index in [1.165, 1.54) is 12.1 Å². The van der Waals surface area contributed by atoms with Crippen LogP contribution >= 0.6 is 15.9 Å². The van der Waals surface area contributed by atoms with Gasteiger partial charge in [0.15, 0.2) is 11.5 Å². The maximum Gasteiger partial charge on any atom is 0.231 e. The Morgan fingerprint density at radius 3 is 2.77 bits per heavy atom. The van der Waals surface area contributed by atoms with E-state index in [0.29, 0.717) is 23.5 Å². The lowest BCUT2D eigenvalue weighted by Crippen LogP contribution is -2.33. The van der Waals surface area contributed by atoms with Gasteiger partial charge in [-0.15, -0.1) is 0 Å². The molecule has 3 aromatic rings. The Bertz CT molecular complexity index is 1150. The second-order valence-electron chi connectivity index (χ2n) is 7.23. The van der Waals surface area contributed by atoms with E-state index >= 15 is 0 Å². The summed E-state index contributed by atoms with van der Waals surface area (Å²) in [4.78, 5) is 4.87.